The van der Waals surface area contributed by atoms with Crippen LogP contribution in [0.25, 0.3) is 0 Å². The first-order valence-electron chi connectivity index (χ1n) is 10.8. The number of likely N-dealkylation sites (N-methyl/N-ethyl adjacent to an activating group) is 1. The number of quaternary nitrogens is 1. The first-order chi connectivity index (χ1) is 15.0. The smallest absolute Gasteiger partial charge is 0.277 e. The fourth-order valence-electron chi connectivity index (χ4n) is 3.97. The molecule has 1 aliphatic heterocycles. The van der Waals surface area contributed by atoms with E-state index in [4.69, 9.17) is 14.2 Å². The largest absolute Gasteiger partial charge is 0.495 e. The van der Waals surface area contributed by atoms with Crippen molar-refractivity contribution < 1.29 is 23.9 Å². The number of anilines is 1. The number of methoxy groups -OCH3 is 2. The lowest BCUT2D eigenvalue weighted by molar-refractivity contribution is -0.885. The molecular weight excluding hydrogens is 394 g/mol. The Bertz CT molecular complexity index is 866. The normalized spacial score (nSPS) is 14.8. The molecule has 2 aromatic rings. The molecule has 1 fully saturated rings. The molecule has 1 heterocycles. The molecule has 168 valence electrons. The third-order valence-corrected chi connectivity index (χ3v) is 5.55. The maximum Gasteiger partial charge on any atom is 0.277 e. The maximum absolute atomic E-state index is 12.8. The van der Waals surface area contributed by atoms with Crippen molar-refractivity contribution in [1.29, 1.82) is 0 Å². The van der Waals surface area contributed by atoms with Crippen LogP contribution in [0.15, 0.2) is 42.5 Å². The van der Waals surface area contributed by atoms with Crippen LogP contribution in [0.4, 0.5) is 5.69 Å². The van der Waals surface area contributed by atoms with Crippen LogP contribution in [-0.4, -0.2) is 71.4 Å². The molecule has 0 spiro atoms. The van der Waals surface area contributed by atoms with E-state index in [1.165, 1.54) is 0 Å². The summed E-state index contributed by atoms with van der Waals surface area (Å²) in [5.74, 6) is 2.54. The number of para-hydroxylation sites is 2. The molecule has 1 unspecified atom stereocenters. The summed E-state index contributed by atoms with van der Waals surface area (Å²) in [6, 6.07) is 14.0. The van der Waals surface area contributed by atoms with Crippen molar-refractivity contribution >= 4 is 11.6 Å². The van der Waals surface area contributed by atoms with Gasteiger partial charge >= 0.3 is 0 Å². The van der Waals surface area contributed by atoms with Crippen LogP contribution in [0.3, 0.4) is 0 Å². The number of benzene rings is 2. The molecular formula is C24H34N3O4+. The number of amides is 1. The zero-order chi connectivity index (χ0) is 22.2. The maximum atomic E-state index is 12.8. The van der Waals surface area contributed by atoms with Crippen LogP contribution in [0.2, 0.25) is 0 Å². The second-order valence-corrected chi connectivity index (χ2v) is 7.77. The van der Waals surface area contributed by atoms with Gasteiger partial charge in [0.25, 0.3) is 5.91 Å². The highest BCUT2D eigenvalue weighted by molar-refractivity contribution is 5.77. The Kier molecular flexibility index (Phi) is 8.00. The van der Waals surface area contributed by atoms with Crippen LogP contribution in [0.5, 0.6) is 17.2 Å². The molecule has 1 aliphatic rings. The van der Waals surface area contributed by atoms with Gasteiger partial charge in [0.05, 0.1) is 33.6 Å². The van der Waals surface area contributed by atoms with Gasteiger partial charge in [-0.15, -0.1) is 0 Å². The lowest BCUT2D eigenvalue weighted by atomic mass is 10.2. The summed E-state index contributed by atoms with van der Waals surface area (Å²) in [5, 5.41) is 0. The second kappa shape index (κ2) is 10.9. The molecule has 2 aromatic carbocycles. The van der Waals surface area contributed by atoms with Crippen molar-refractivity contribution in [3.63, 3.8) is 0 Å². The fraction of sp³-hybridized carbons (Fsp3) is 0.458. The molecule has 7 heteroatoms. The Labute approximate surface area is 185 Å². The quantitative estimate of drug-likeness (QED) is 0.656. The number of hydrogen-bond acceptors (Lipinski definition) is 5. The van der Waals surface area contributed by atoms with Gasteiger partial charge in [0, 0.05) is 31.7 Å². The second-order valence-electron chi connectivity index (χ2n) is 7.77. The lowest BCUT2D eigenvalue weighted by Crippen LogP contribution is -3.09. The predicted molar refractivity (Wildman–Crippen MR) is 121 cm³/mol. The standard InChI is InChI=1S/C24H33N3O4/c1-5-31-22-11-10-19(16-23(22)30-4)17-25(2)18-24(28)27-14-12-26(13-15-27)20-8-6-7-9-21(20)29-3/h6-11,16H,5,12-15,17-18H2,1-4H3/p+1. The average Bonchev–Trinajstić information content (AvgIpc) is 2.80. The van der Waals surface area contributed by atoms with E-state index in [1.807, 2.05) is 55.3 Å². The van der Waals surface area contributed by atoms with E-state index in [0.717, 1.165) is 66.1 Å². The topological polar surface area (TPSA) is 55.7 Å². The van der Waals surface area contributed by atoms with Gasteiger partial charge in [0.1, 0.15) is 12.3 Å². The van der Waals surface area contributed by atoms with Crippen LogP contribution >= 0.6 is 0 Å². The minimum atomic E-state index is 0.190. The lowest BCUT2D eigenvalue weighted by Gasteiger charge is -2.36. The Morgan fingerprint density at radius 1 is 0.968 bits per heavy atom. The summed E-state index contributed by atoms with van der Waals surface area (Å²) in [6.45, 7) is 6.82. The first-order valence-corrected chi connectivity index (χ1v) is 10.8. The molecule has 3 rings (SSSR count). The van der Waals surface area contributed by atoms with E-state index >= 15 is 0 Å². The van der Waals surface area contributed by atoms with E-state index < -0.39 is 0 Å². The highest BCUT2D eigenvalue weighted by Crippen LogP contribution is 2.29. The summed E-state index contributed by atoms with van der Waals surface area (Å²) in [6.07, 6.45) is 0. The Morgan fingerprint density at radius 2 is 1.68 bits per heavy atom. The fourth-order valence-corrected chi connectivity index (χ4v) is 3.97. The van der Waals surface area contributed by atoms with Crippen molar-refractivity contribution in [2.45, 2.75) is 13.5 Å². The molecule has 0 aliphatic carbocycles. The van der Waals surface area contributed by atoms with Gasteiger partial charge in [0.15, 0.2) is 18.0 Å². The summed E-state index contributed by atoms with van der Waals surface area (Å²) >= 11 is 0. The van der Waals surface area contributed by atoms with E-state index in [2.05, 4.69) is 11.0 Å². The molecule has 1 saturated heterocycles. The van der Waals surface area contributed by atoms with Gasteiger partial charge < -0.3 is 28.9 Å². The van der Waals surface area contributed by atoms with Gasteiger partial charge in [-0.05, 0) is 37.3 Å². The number of hydrogen-bond donors (Lipinski definition) is 1. The third kappa shape index (κ3) is 5.82. The van der Waals surface area contributed by atoms with Crippen molar-refractivity contribution in [2.75, 3.05) is 65.5 Å². The van der Waals surface area contributed by atoms with Crippen molar-refractivity contribution in [2.24, 2.45) is 0 Å². The molecule has 0 saturated carbocycles. The zero-order valence-corrected chi connectivity index (χ0v) is 19.0. The molecule has 7 nitrogen and oxygen atoms in total. The third-order valence-electron chi connectivity index (χ3n) is 5.55. The SMILES string of the molecule is CCOc1ccc(C[NH+](C)CC(=O)N2CCN(c3ccccc3OC)CC2)cc1OC. The van der Waals surface area contributed by atoms with E-state index in [9.17, 15) is 4.79 Å². The highest BCUT2D eigenvalue weighted by Gasteiger charge is 2.24. The molecule has 1 atom stereocenters. The van der Waals surface area contributed by atoms with Crippen LogP contribution in [-0.2, 0) is 11.3 Å². The Hall–Kier alpha value is -2.93. The van der Waals surface area contributed by atoms with Crippen LogP contribution in [0, 0.1) is 0 Å². The molecule has 0 aromatic heterocycles. The van der Waals surface area contributed by atoms with Gasteiger partial charge in [-0.3, -0.25) is 4.79 Å². The number of piperazine rings is 1. The number of ether oxygens (including phenoxy) is 3. The average molecular weight is 429 g/mol. The Morgan fingerprint density at radius 3 is 2.35 bits per heavy atom. The summed E-state index contributed by atoms with van der Waals surface area (Å²) in [4.78, 5) is 18.2. The number of carbonyl (C=O) groups is 1. The van der Waals surface area contributed by atoms with Crippen molar-refractivity contribution in [3.8, 4) is 17.2 Å². The first kappa shape index (κ1) is 22.7. The van der Waals surface area contributed by atoms with E-state index in [-0.39, 0.29) is 5.91 Å². The molecule has 1 amide bonds. The highest BCUT2D eigenvalue weighted by atomic mass is 16.5. The Balaban J connectivity index is 1.52. The van der Waals surface area contributed by atoms with Crippen molar-refractivity contribution in [3.05, 3.63) is 48.0 Å². The van der Waals surface area contributed by atoms with Gasteiger partial charge in [-0.2, -0.15) is 0 Å². The van der Waals surface area contributed by atoms with Gasteiger partial charge in [0.2, 0.25) is 0 Å². The predicted octanol–water partition coefficient (Wildman–Crippen LogP) is 1.47. The molecule has 0 bridgehead atoms. The molecule has 1 N–H and O–H groups in total. The summed E-state index contributed by atoms with van der Waals surface area (Å²) < 4.78 is 16.5. The summed E-state index contributed by atoms with van der Waals surface area (Å²) in [5.41, 5.74) is 2.20. The van der Waals surface area contributed by atoms with Gasteiger partial charge in [-0.1, -0.05) is 12.1 Å². The summed E-state index contributed by atoms with van der Waals surface area (Å²) in [7, 11) is 5.38. The van der Waals surface area contributed by atoms with E-state index in [1.54, 1.807) is 14.2 Å². The zero-order valence-electron chi connectivity index (χ0n) is 19.0. The number of carbonyl (C=O) groups excluding carboxylic acids is 1. The minimum absolute atomic E-state index is 0.190. The van der Waals surface area contributed by atoms with Crippen LogP contribution in [0.1, 0.15) is 12.5 Å². The van der Waals surface area contributed by atoms with Crippen LogP contribution < -0.4 is 24.0 Å². The monoisotopic (exact) mass is 428 g/mol. The van der Waals surface area contributed by atoms with Crippen molar-refractivity contribution in [1.82, 2.24) is 4.90 Å². The number of nitrogens with one attached hydrogen (secondary N) is 1. The van der Waals surface area contributed by atoms with Gasteiger partial charge in [-0.25, -0.2) is 0 Å². The molecule has 0 radical (unpaired) electrons. The van der Waals surface area contributed by atoms with E-state index in [0.29, 0.717) is 13.2 Å². The number of rotatable bonds is 9. The number of nitrogens with zero attached hydrogens (tertiary/aromatic N) is 2. The minimum Gasteiger partial charge on any atom is -0.495 e. The molecule has 31 heavy (non-hydrogen) atoms.